The molecule has 0 aliphatic rings. The number of thiophene rings is 1. The molecule has 136 valence electrons. The number of anilines is 1. The zero-order valence-corrected chi connectivity index (χ0v) is 16.0. The maximum atomic E-state index is 11.7. The predicted octanol–water partition coefficient (Wildman–Crippen LogP) is 4.82. The molecule has 1 atom stereocenters. The van der Waals surface area contributed by atoms with Crippen molar-refractivity contribution >= 4 is 23.1 Å². The highest BCUT2D eigenvalue weighted by molar-refractivity contribution is 7.07. The van der Waals surface area contributed by atoms with Crippen LogP contribution >= 0.6 is 11.3 Å². The molecule has 1 aromatic heterocycles. The number of hydrogen-bond acceptors (Lipinski definition) is 5. The summed E-state index contributed by atoms with van der Waals surface area (Å²) >= 11 is 1.70. The Hall–Kier alpha value is -2.05. The van der Waals surface area contributed by atoms with Crippen LogP contribution in [0.15, 0.2) is 41.1 Å². The Morgan fingerprint density at radius 3 is 2.52 bits per heavy atom. The third-order valence-electron chi connectivity index (χ3n) is 3.36. The fourth-order valence-electron chi connectivity index (χ4n) is 2.14. The van der Waals surface area contributed by atoms with Crippen molar-refractivity contribution in [3.05, 3.63) is 46.7 Å². The highest BCUT2D eigenvalue weighted by atomic mass is 32.1. The molecule has 5 nitrogen and oxygen atoms in total. The second-order valence-corrected chi connectivity index (χ2v) is 7.51. The summed E-state index contributed by atoms with van der Waals surface area (Å²) in [4.78, 5) is 11.7. The summed E-state index contributed by atoms with van der Waals surface area (Å²) in [6.07, 6.45) is -0.465. The molecule has 2 rings (SSSR count). The number of amides is 1. The zero-order valence-electron chi connectivity index (χ0n) is 15.2. The SMILES string of the molecule is CC(NCCOc1ccc(NC(=O)OC(C)(C)C)cc1)c1ccsc1. The van der Waals surface area contributed by atoms with Crippen molar-refractivity contribution in [3.8, 4) is 5.75 Å². The molecular weight excluding hydrogens is 336 g/mol. The van der Waals surface area contributed by atoms with Gasteiger partial charge in [-0.1, -0.05) is 0 Å². The molecule has 0 aliphatic carbocycles. The van der Waals surface area contributed by atoms with Crippen molar-refractivity contribution in [1.82, 2.24) is 5.32 Å². The van der Waals surface area contributed by atoms with Crippen molar-refractivity contribution in [1.29, 1.82) is 0 Å². The number of ether oxygens (including phenoxy) is 2. The van der Waals surface area contributed by atoms with E-state index in [-0.39, 0.29) is 0 Å². The van der Waals surface area contributed by atoms with Gasteiger partial charge in [-0.25, -0.2) is 4.79 Å². The maximum absolute atomic E-state index is 11.7. The van der Waals surface area contributed by atoms with Crippen LogP contribution in [0, 0.1) is 0 Å². The first-order valence-electron chi connectivity index (χ1n) is 8.32. The Morgan fingerprint density at radius 2 is 1.92 bits per heavy atom. The van der Waals surface area contributed by atoms with Gasteiger partial charge in [0.15, 0.2) is 0 Å². The molecule has 1 amide bonds. The Balaban J connectivity index is 1.70. The fraction of sp³-hybridized carbons (Fsp3) is 0.421. The van der Waals surface area contributed by atoms with E-state index in [4.69, 9.17) is 9.47 Å². The summed E-state index contributed by atoms with van der Waals surface area (Å²) in [5, 5.41) is 10.3. The summed E-state index contributed by atoms with van der Waals surface area (Å²) < 4.78 is 10.9. The molecule has 1 unspecified atom stereocenters. The number of rotatable bonds is 7. The van der Waals surface area contributed by atoms with Gasteiger partial charge in [-0.15, -0.1) is 0 Å². The molecule has 0 bridgehead atoms. The second kappa shape index (κ2) is 8.87. The van der Waals surface area contributed by atoms with E-state index >= 15 is 0 Å². The summed E-state index contributed by atoms with van der Waals surface area (Å²) in [6, 6.07) is 9.68. The van der Waals surface area contributed by atoms with Crippen LogP contribution in [0.2, 0.25) is 0 Å². The van der Waals surface area contributed by atoms with Crippen LogP contribution in [0.1, 0.15) is 39.3 Å². The van der Waals surface area contributed by atoms with E-state index in [1.807, 2.05) is 32.9 Å². The fourth-order valence-corrected chi connectivity index (χ4v) is 2.89. The van der Waals surface area contributed by atoms with Crippen molar-refractivity contribution in [3.63, 3.8) is 0 Å². The molecule has 2 N–H and O–H groups in total. The van der Waals surface area contributed by atoms with Crippen LogP contribution in [0.25, 0.3) is 0 Å². The van der Waals surface area contributed by atoms with E-state index in [0.717, 1.165) is 12.3 Å². The van der Waals surface area contributed by atoms with Crippen molar-refractivity contribution in [2.75, 3.05) is 18.5 Å². The number of carbonyl (C=O) groups is 1. The Morgan fingerprint density at radius 1 is 1.20 bits per heavy atom. The lowest BCUT2D eigenvalue weighted by Gasteiger charge is -2.19. The van der Waals surface area contributed by atoms with E-state index in [9.17, 15) is 4.79 Å². The first-order chi connectivity index (χ1) is 11.8. The molecule has 2 aromatic rings. The molecule has 1 aromatic carbocycles. The number of nitrogens with one attached hydrogen (secondary N) is 2. The van der Waals surface area contributed by atoms with Gasteiger partial charge in [0, 0.05) is 18.3 Å². The van der Waals surface area contributed by atoms with Gasteiger partial charge in [0.25, 0.3) is 0 Å². The minimum atomic E-state index is -0.514. The molecule has 0 saturated heterocycles. The predicted molar refractivity (Wildman–Crippen MR) is 103 cm³/mol. The molecule has 25 heavy (non-hydrogen) atoms. The highest BCUT2D eigenvalue weighted by Gasteiger charge is 2.16. The van der Waals surface area contributed by atoms with Crippen molar-refractivity contribution in [2.45, 2.75) is 39.3 Å². The van der Waals surface area contributed by atoms with Gasteiger partial charge >= 0.3 is 6.09 Å². The lowest BCUT2D eigenvalue weighted by atomic mass is 10.2. The first-order valence-corrected chi connectivity index (χ1v) is 9.26. The minimum absolute atomic E-state index is 0.315. The summed E-state index contributed by atoms with van der Waals surface area (Å²) in [5.41, 5.74) is 1.45. The largest absolute Gasteiger partial charge is 0.492 e. The van der Waals surface area contributed by atoms with Crippen molar-refractivity contribution in [2.24, 2.45) is 0 Å². The number of carbonyl (C=O) groups excluding carboxylic acids is 1. The van der Waals surface area contributed by atoms with Gasteiger partial charge in [-0.2, -0.15) is 11.3 Å². The monoisotopic (exact) mass is 362 g/mol. The Kier molecular flexibility index (Phi) is 6.84. The minimum Gasteiger partial charge on any atom is -0.492 e. The average molecular weight is 362 g/mol. The molecular formula is C19H26N2O3S. The first kappa shape index (κ1) is 19.3. The van der Waals surface area contributed by atoms with E-state index in [1.165, 1.54) is 5.56 Å². The number of hydrogen-bond donors (Lipinski definition) is 2. The third kappa shape index (κ3) is 7.15. The summed E-state index contributed by atoms with van der Waals surface area (Å²) in [7, 11) is 0. The third-order valence-corrected chi connectivity index (χ3v) is 4.07. The van der Waals surface area contributed by atoms with Gasteiger partial charge in [-0.05, 0) is 74.4 Å². The molecule has 0 saturated carbocycles. The van der Waals surface area contributed by atoms with Crippen LogP contribution in [0.4, 0.5) is 10.5 Å². The topological polar surface area (TPSA) is 59.6 Å². The second-order valence-electron chi connectivity index (χ2n) is 6.73. The van der Waals surface area contributed by atoms with Crippen LogP contribution < -0.4 is 15.4 Å². The van der Waals surface area contributed by atoms with E-state index in [1.54, 1.807) is 23.5 Å². The molecule has 0 fully saturated rings. The molecule has 1 heterocycles. The van der Waals surface area contributed by atoms with Gasteiger partial charge in [0.05, 0.1) is 0 Å². The van der Waals surface area contributed by atoms with Crippen LogP contribution in [-0.4, -0.2) is 24.8 Å². The van der Waals surface area contributed by atoms with E-state index in [2.05, 4.69) is 34.4 Å². The average Bonchev–Trinajstić information content (AvgIpc) is 3.05. The lowest BCUT2D eigenvalue weighted by Crippen LogP contribution is -2.27. The number of benzene rings is 1. The lowest BCUT2D eigenvalue weighted by molar-refractivity contribution is 0.0636. The van der Waals surface area contributed by atoms with Gasteiger partial charge < -0.3 is 14.8 Å². The van der Waals surface area contributed by atoms with Gasteiger partial charge in [-0.3, -0.25) is 5.32 Å². The van der Waals surface area contributed by atoms with Gasteiger partial charge in [0.2, 0.25) is 0 Å². The molecule has 0 aliphatic heterocycles. The smallest absolute Gasteiger partial charge is 0.412 e. The summed E-state index contributed by atoms with van der Waals surface area (Å²) in [6.45, 7) is 8.96. The maximum Gasteiger partial charge on any atom is 0.412 e. The van der Waals surface area contributed by atoms with Crippen molar-refractivity contribution < 1.29 is 14.3 Å². The van der Waals surface area contributed by atoms with Crippen LogP contribution in [0.5, 0.6) is 5.75 Å². The Bertz CT molecular complexity index is 648. The zero-order chi connectivity index (χ0) is 18.3. The molecule has 6 heteroatoms. The summed E-state index contributed by atoms with van der Waals surface area (Å²) in [5.74, 6) is 0.764. The molecule has 0 spiro atoms. The van der Waals surface area contributed by atoms with Gasteiger partial charge in [0.1, 0.15) is 18.0 Å². The normalized spacial score (nSPS) is 12.5. The Labute approximate surface area is 153 Å². The standard InChI is InChI=1S/C19H26N2O3S/c1-14(15-9-12-25-13-15)20-10-11-23-17-7-5-16(6-8-17)21-18(22)24-19(2,3)4/h5-9,12-14,20H,10-11H2,1-4H3,(H,21,22). The van der Waals surface area contributed by atoms with Crippen LogP contribution in [-0.2, 0) is 4.74 Å². The van der Waals surface area contributed by atoms with E-state index < -0.39 is 11.7 Å². The quantitative estimate of drug-likeness (QED) is 0.693. The van der Waals surface area contributed by atoms with Crippen LogP contribution in [0.3, 0.4) is 0 Å². The highest BCUT2D eigenvalue weighted by Crippen LogP contribution is 2.18. The molecule has 0 radical (unpaired) electrons. The van der Waals surface area contributed by atoms with E-state index in [0.29, 0.717) is 18.3 Å².